The second kappa shape index (κ2) is 10.1. The number of anilines is 1. The average molecular weight is 513 g/mol. The molecular weight excluding hydrogens is 490 g/mol. The highest BCUT2D eigenvalue weighted by Crippen LogP contribution is 2.30. The van der Waals surface area contributed by atoms with E-state index >= 15 is 0 Å². The molecule has 0 aliphatic rings. The molecule has 0 saturated carbocycles. The van der Waals surface area contributed by atoms with Crippen molar-refractivity contribution in [2.24, 2.45) is 5.92 Å². The lowest BCUT2D eigenvalue weighted by molar-refractivity contribution is -0.124. The Balaban J connectivity index is 1.42. The number of hydrogen-bond donors (Lipinski definition) is 2. The molecule has 1 amide bonds. The van der Waals surface area contributed by atoms with Crippen LogP contribution in [-0.2, 0) is 11.2 Å². The fraction of sp³-hybridized carbons (Fsp3) is 0.208. The van der Waals surface area contributed by atoms with E-state index in [1.807, 2.05) is 67.6 Å². The number of benzene rings is 2. The van der Waals surface area contributed by atoms with Crippen LogP contribution >= 0.6 is 27.5 Å². The lowest BCUT2D eigenvalue weighted by Crippen LogP contribution is -2.34. The zero-order valence-electron chi connectivity index (χ0n) is 17.6. The lowest BCUT2D eigenvalue weighted by atomic mass is 10.0. The monoisotopic (exact) mass is 511 g/mol. The summed E-state index contributed by atoms with van der Waals surface area (Å²) in [5.41, 5.74) is 3.43. The van der Waals surface area contributed by atoms with Crippen molar-refractivity contribution in [2.45, 2.75) is 13.3 Å². The summed E-state index contributed by atoms with van der Waals surface area (Å²) >= 11 is 9.89. The third-order valence-corrected chi connectivity index (χ3v) is 6.03. The molecule has 0 bridgehead atoms. The Kier molecular flexibility index (Phi) is 7.07. The predicted molar refractivity (Wildman–Crippen MR) is 132 cm³/mol. The van der Waals surface area contributed by atoms with E-state index < -0.39 is 0 Å². The number of rotatable bonds is 8. The zero-order valence-corrected chi connectivity index (χ0v) is 19.9. The van der Waals surface area contributed by atoms with Gasteiger partial charge >= 0.3 is 0 Å². The second-order valence-corrected chi connectivity index (χ2v) is 8.80. The van der Waals surface area contributed by atoms with E-state index in [1.54, 1.807) is 10.7 Å². The van der Waals surface area contributed by atoms with Crippen molar-refractivity contribution >= 4 is 44.9 Å². The minimum atomic E-state index is -0.0982. The third-order valence-electron chi connectivity index (χ3n) is 5.14. The highest BCUT2D eigenvalue weighted by Gasteiger charge is 2.15. The average Bonchev–Trinajstić information content (AvgIpc) is 3.18. The van der Waals surface area contributed by atoms with Crippen molar-refractivity contribution in [3.8, 4) is 11.3 Å². The molecule has 2 heterocycles. The van der Waals surface area contributed by atoms with Gasteiger partial charge < -0.3 is 10.6 Å². The summed E-state index contributed by atoms with van der Waals surface area (Å²) in [5.74, 6) is 0.704. The van der Waals surface area contributed by atoms with Gasteiger partial charge in [-0.25, -0.2) is 4.98 Å². The second-order valence-electron chi connectivity index (χ2n) is 7.54. The van der Waals surface area contributed by atoms with Crippen LogP contribution in [0.3, 0.4) is 0 Å². The molecule has 164 valence electrons. The van der Waals surface area contributed by atoms with Crippen molar-refractivity contribution in [3.05, 3.63) is 81.9 Å². The maximum absolute atomic E-state index is 12.5. The van der Waals surface area contributed by atoms with Gasteiger partial charge in [-0.3, -0.25) is 4.79 Å². The van der Waals surface area contributed by atoms with Crippen molar-refractivity contribution in [3.63, 3.8) is 0 Å². The number of carbonyl (C=O) groups is 1. The highest BCUT2D eigenvalue weighted by molar-refractivity contribution is 9.10. The van der Waals surface area contributed by atoms with Crippen LogP contribution in [0.1, 0.15) is 12.5 Å². The van der Waals surface area contributed by atoms with Crippen molar-refractivity contribution < 1.29 is 4.79 Å². The van der Waals surface area contributed by atoms with Crippen molar-refractivity contribution in [1.29, 1.82) is 0 Å². The van der Waals surface area contributed by atoms with Gasteiger partial charge in [-0.1, -0.05) is 67.1 Å². The zero-order chi connectivity index (χ0) is 22.5. The minimum absolute atomic E-state index is 0.0362. The Morgan fingerprint density at radius 2 is 1.88 bits per heavy atom. The smallest absolute Gasteiger partial charge is 0.223 e. The number of carbonyl (C=O) groups excluding carboxylic acids is 1. The van der Waals surface area contributed by atoms with Crippen LogP contribution in [0.15, 0.2) is 71.3 Å². The van der Waals surface area contributed by atoms with Crippen LogP contribution in [0, 0.1) is 5.92 Å². The van der Waals surface area contributed by atoms with E-state index in [1.165, 1.54) is 0 Å². The molecule has 6 nitrogen and oxygen atoms in total. The molecule has 32 heavy (non-hydrogen) atoms. The fourth-order valence-corrected chi connectivity index (χ4v) is 4.06. The Hall–Kier alpha value is -2.90. The Morgan fingerprint density at radius 1 is 1.12 bits per heavy atom. The molecule has 2 N–H and O–H groups in total. The first kappa shape index (κ1) is 22.3. The lowest BCUT2D eigenvalue weighted by Gasteiger charge is -2.14. The van der Waals surface area contributed by atoms with Gasteiger partial charge in [-0.05, 0) is 34.0 Å². The van der Waals surface area contributed by atoms with Crippen molar-refractivity contribution in [2.75, 3.05) is 18.4 Å². The quantitative estimate of drug-likeness (QED) is 0.318. The maximum Gasteiger partial charge on any atom is 0.223 e. The van der Waals surface area contributed by atoms with Gasteiger partial charge in [-0.2, -0.15) is 9.61 Å². The molecule has 4 rings (SSSR count). The van der Waals surface area contributed by atoms with Gasteiger partial charge in [0, 0.05) is 35.7 Å². The molecule has 1 unspecified atom stereocenters. The summed E-state index contributed by atoms with van der Waals surface area (Å²) in [6.45, 7) is 2.98. The first-order valence-electron chi connectivity index (χ1n) is 10.4. The highest BCUT2D eigenvalue weighted by atomic mass is 79.9. The number of halogens is 2. The molecule has 0 radical (unpaired) electrons. The molecule has 2 aromatic heterocycles. The van der Waals surface area contributed by atoms with E-state index in [0.717, 1.165) is 27.1 Å². The number of amides is 1. The number of fused-ring (bicyclic) bond motifs is 1. The van der Waals surface area contributed by atoms with Crippen LogP contribution < -0.4 is 10.6 Å². The molecule has 4 aromatic rings. The molecular formula is C24H23BrClN5O. The SMILES string of the molecule is CC(Cc1ccccc1)C(=O)NCCNc1cc(-c2ccccc2Cl)nc2c(Br)cnn12. The Labute approximate surface area is 200 Å². The van der Waals surface area contributed by atoms with Crippen LogP contribution in [-0.4, -0.2) is 33.6 Å². The Bertz CT molecular complexity index is 1230. The third kappa shape index (κ3) is 5.11. The largest absolute Gasteiger partial charge is 0.368 e. The number of hydrogen-bond acceptors (Lipinski definition) is 4. The van der Waals surface area contributed by atoms with Gasteiger partial charge in [0.05, 0.1) is 16.4 Å². The standard InChI is InChI=1S/C24H23BrClN5O/c1-16(13-17-7-3-2-4-8-17)24(32)28-12-11-27-22-14-21(18-9-5-6-10-20(18)26)30-23-19(25)15-29-31(22)23/h2-10,14-16,27H,11-13H2,1H3,(H,28,32). The fourth-order valence-electron chi connectivity index (χ4n) is 3.48. The topological polar surface area (TPSA) is 71.3 Å². The van der Waals surface area contributed by atoms with E-state index in [-0.39, 0.29) is 11.8 Å². The molecule has 0 spiro atoms. The van der Waals surface area contributed by atoms with Gasteiger partial charge in [-0.15, -0.1) is 0 Å². The first-order valence-corrected chi connectivity index (χ1v) is 11.5. The number of nitrogens with one attached hydrogen (secondary N) is 2. The van der Waals surface area contributed by atoms with E-state index in [2.05, 4.69) is 31.7 Å². The van der Waals surface area contributed by atoms with Gasteiger partial charge in [0.25, 0.3) is 0 Å². The van der Waals surface area contributed by atoms with Crippen LogP contribution in [0.4, 0.5) is 5.82 Å². The molecule has 8 heteroatoms. The summed E-state index contributed by atoms with van der Waals surface area (Å²) in [7, 11) is 0. The van der Waals surface area contributed by atoms with Crippen LogP contribution in [0.2, 0.25) is 5.02 Å². The van der Waals surface area contributed by atoms with E-state index in [0.29, 0.717) is 30.2 Å². The summed E-state index contributed by atoms with van der Waals surface area (Å²) in [6, 6.07) is 19.5. The maximum atomic E-state index is 12.5. The van der Waals surface area contributed by atoms with E-state index in [9.17, 15) is 4.79 Å². The predicted octanol–water partition coefficient (Wildman–Crippen LogP) is 5.22. The molecule has 0 aliphatic carbocycles. The van der Waals surface area contributed by atoms with Gasteiger partial charge in [0.1, 0.15) is 5.82 Å². The summed E-state index contributed by atoms with van der Waals surface area (Å²) in [4.78, 5) is 17.2. The van der Waals surface area contributed by atoms with Crippen LogP contribution in [0.5, 0.6) is 0 Å². The van der Waals surface area contributed by atoms with Gasteiger partial charge in [0.15, 0.2) is 5.65 Å². The number of aromatic nitrogens is 3. The Morgan fingerprint density at radius 3 is 2.66 bits per heavy atom. The summed E-state index contributed by atoms with van der Waals surface area (Å²) in [6.07, 6.45) is 2.42. The molecule has 0 fully saturated rings. The first-order chi connectivity index (χ1) is 15.5. The molecule has 0 aliphatic heterocycles. The van der Waals surface area contributed by atoms with Crippen molar-refractivity contribution in [1.82, 2.24) is 19.9 Å². The molecule has 2 aromatic carbocycles. The summed E-state index contributed by atoms with van der Waals surface area (Å²) < 4.78 is 2.52. The minimum Gasteiger partial charge on any atom is -0.368 e. The molecule has 0 saturated heterocycles. The van der Waals surface area contributed by atoms with Crippen LogP contribution in [0.25, 0.3) is 16.9 Å². The normalized spacial score (nSPS) is 12.0. The number of nitrogens with zero attached hydrogens (tertiary/aromatic N) is 3. The summed E-state index contributed by atoms with van der Waals surface area (Å²) in [5, 5.41) is 11.4. The molecule has 1 atom stereocenters. The van der Waals surface area contributed by atoms with Gasteiger partial charge in [0.2, 0.25) is 5.91 Å². The van der Waals surface area contributed by atoms with E-state index in [4.69, 9.17) is 16.6 Å².